The average Bonchev–Trinajstić information content (AvgIpc) is 3.36. The quantitative estimate of drug-likeness (QED) is 0.627. The molecule has 1 fully saturated rings. The number of carbonyl (C=O) groups excluding carboxylic acids is 2. The topological polar surface area (TPSA) is 63.1 Å². The van der Waals surface area contributed by atoms with E-state index in [1.807, 2.05) is 42.1 Å². The van der Waals surface area contributed by atoms with Gasteiger partial charge in [0.15, 0.2) is 0 Å². The molecule has 4 rings (SSSR count). The molecule has 0 radical (unpaired) electrons. The Kier molecular flexibility index (Phi) is 5.65. The van der Waals surface area contributed by atoms with Crippen LogP contribution < -0.4 is 10.6 Å². The van der Waals surface area contributed by atoms with Crippen LogP contribution in [0.3, 0.4) is 0 Å². The van der Waals surface area contributed by atoms with Gasteiger partial charge in [0.25, 0.3) is 11.8 Å². The summed E-state index contributed by atoms with van der Waals surface area (Å²) in [7, 11) is 1.93. The number of amides is 2. The molecule has 2 aromatic carbocycles. The number of carbonyl (C=O) groups is 2. The third-order valence-corrected chi connectivity index (χ3v) is 5.53. The predicted molar refractivity (Wildman–Crippen MR) is 115 cm³/mol. The van der Waals surface area contributed by atoms with Crippen LogP contribution in [-0.2, 0) is 11.8 Å². The largest absolute Gasteiger partial charge is 0.350 e. The number of benzene rings is 2. The molecule has 1 aliphatic carbocycles. The van der Waals surface area contributed by atoms with E-state index >= 15 is 0 Å². The molecule has 1 saturated carbocycles. The Bertz CT molecular complexity index is 1130. The number of nitrogens with zero attached hydrogens (tertiary/aromatic N) is 1. The van der Waals surface area contributed by atoms with Crippen molar-refractivity contribution in [3.8, 4) is 0 Å². The fourth-order valence-electron chi connectivity index (χ4n) is 3.97. The fourth-order valence-corrected chi connectivity index (χ4v) is 3.97. The van der Waals surface area contributed by atoms with Crippen molar-refractivity contribution >= 4 is 28.8 Å². The molecule has 2 N–H and O–H groups in total. The van der Waals surface area contributed by atoms with E-state index in [2.05, 4.69) is 10.6 Å². The van der Waals surface area contributed by atoms with Crippen molar-refractivity contribution in [2.45, 2.75) is 31.7 Å². The number of para-hydroxylation sites is 1. The summed E-state index contributed by atoms with van der Waals surface area (Å²) in [6, 6.07) is 13.7. The highest BCUT2D eigenvalue weighted by Crippen LogP contribution is 2.23. The van der Waals surface area contributed by atoms with Crippen molar-refractivity contribution in [1.29, 1.82) is 0 Å². The standard InChI is InChI=1S/C24H24FN3O2/c1-28-15-16(18-10-5-7-13-22(18)28)14-21(24(30)26-17-8-2-3-9-17)27-23(29)19-11-4-6-12-20(19)25/h4-7,10-15,17H,2-3,8-9H2,1H3,(H,26,30)(H,27,29)/b21-14-. The summed E-state index contributed by atoms with van der Waals surface area (Å²) in [5.41, 5.74) is 1.82. The summed E-state index contributed by atoms with van der Waals surface area (Å²) in [6.45, 7) is 0. The molecule has 1 aromatic heterocycles. The van der Waals surface area contributed by atoms with E-state index in [1.165, 1.54) is 18.2 Å². The third kappa shape index (κ3) is 4.13. The van der Waals surface area contributed by atoms with Gasteiger partial charge >= 0.3 is 0 Å². The van der Waals surface area contributed by atoms with E-state index in [4.69, 9.17) is 0 Å². The van der Waals surface area contributed by atoms with Gasteiger partial charge in [-0.2, -0.15) is 0 Å². The SMILES string of the molecule is Cn1cc(/C=C(\NC(=O)c2ccccc2F)C(=O)NC2CCCC2)c2ccccc21. The van der Waals surface area contributed by atoms with Crippen molar-refractivity contribution in [2.24, 2.45) is 7.05 Å². The first kappa shape index (κ1) is 19.9. The second-order valence-corrected chi connectivity index (χ2v) is 7.66. The molecule has 2 amide bonds. The zero-order valence-electron chi connectivity index (χ0n) is 16.8. The molecule has 3 aromatic rings. The van der Waals surface area contributed by atoms with E-state index in [0.717, 1.165) is 42.1 Å². The predicted octanol–water partition coefficient (Wildman–Crippen LogP) is 4.15. The maximum absolute atomic E-state index is 14.1. The van der Waals surface area contributed by atoms with E-state index in [9.17, 15) is 14.0 Å². The van der Waals surface area contributed by atoms with Crippen LogP contribution in [0.2, 0.25) is 0 Å². The minimum Gasteiger partial charge on any atom is -0.350 e. The Morgan fingerprint density at radius 3 is 2.53 bits per heavy atom. The lowest BCUT2D eigenvalue weighted by molar-refractivity contribution is -0.118. The zero-order valence-corrected chi connectivity index (χ0v) is 16.8. The highest BCUT2D eigenvalue weighted by molar-refractivity contribution is 6.06. The Balaban J connectivity index is 1.69. The van der Waals surface area contributed by atoms with Crippen LogP contribution in [0, 0.1) is 5.82 Å². The smallest absolute Gasteiger partial charge is 0.268 e. The number of hydrogen-bond donors (Lipinski definition) is 2. The first-order chi connectivity index (χ1) is 14.5. The molecule has 0 spiro atoms. The number of halogens is 1. The van der Waals surface area contributed by atoms with Crippen LogP contribution in [0.25, 0.3) is 17.0 Å². The number of fused-ring (bicyclic) bond motifs is 1. The number of rotatable bonds is 5. The van der Waals surface area contributed by atoms with Crippen molar-refractivity contribution in [1.82, 2.24) is 15.2 Å². The van der Waals surface area contributed by atoms with E-state index in [1.54, 1.807) is 12.1 Å². The van der Waals surface area contributed by atoms with Crippen LogP contribution in [0.4, 0.5) is 4.39 Å². The molecule has 0 atom stereocenters. The van der Waals surface area contributed by atoms with Crippen molar-refractivity contribution < 1.29 is 14.0 Å². The van der Waals surface area contributed by atoms with Crippen LogP contribution >= 0.6 is 0 Å². The van der Waals surface area contributed by atoms with Gasteiger partial charge in [-0.15, -0.1) is 0 Å². The molecule has 5 nitrogen and oxygen atoms in total. The van der Waals surface area contributed by atoms with Crippen molar-refractivity contribution in [2.75, 3.05) is 0 Å². The van der Waals surface area contributed by atoms with Crippen molar-refractivity contribution in [3.63, 3.8) is 0 Å². The van der Waals surface area contributed by atoms with Gasteiger partial charge in [-0.05, 0) is 37.1 Å². The highest BCUT2D eigenvalue weighted by Gasteiger charge is 2.22. The van der Waals surface area contributed by atoms with E-state index < -0.39 is 11.7 Å². The molecule has 154 valence electrons. The molecule has 0 saturated heterocycles. The van der Waals surface area contributed by atoms with Crippen LogP contribution in [0.15, 0.2) is 60.4 Å². The number of aryl methyl sites for hydroxylation is 1. The molecule has 0 unspecified atom stereocenters. The maximum atomic E-state index is 14.1. The van der Waals surface area contributed by atoms with Gasteiger partial charge < -0.3 is 15.2 Å². The fraction of sp³-hybridized carbons (Fsp3) is 0.250. The summed E-state index contributed by atoms with van der Waals surface area (Å²) < 4.78 is 16.0. The third-order valence-electron chi connectivity index (χ3n) is 5.53. The summed E-state index contributed by atoms with van der Waals surface area (Å²) >= 11 is 0. The van der Waals surface area contributed by atoms with Gasteiger partial charge in [-0.25, -0.2) is 4.39 Å². The monoisotopic (exact) mass is 405 g/mol. The lowest BCUT2D eigenvalue weighted by Crippen LogP contribution is -2.39. The lowest BCUT2D eigenvalue weighted by atomic mass is 10.1. The lowest BCUT2D eigenvalue weighted by Gasteiger charge is -2.15. The molecule has 6 heteroatoms. The maximum Gasteiger partial charge on any atom is 0.268 e. The van der Waals surface area contributed by atoms with Crippen LogP contribution in [0.5, 0.6) is 0 Å². The molecular formula is C24H24FN3O2. The normalized spacial score (nSPS) is 14.8. The number of nitrogens with one attached hydrogen (secondary N) is 2. The van der Waals surface area contributed by atoms with Crippen molar-refractivity contribution in [3.05, 3.63) is 77.4 Å². The van der Waals surface area contributed by atoms with Gasteiger partial charge in [0, 0.05) is 35.8 Å². The van der Waals surface area contributed by atoms with E-state index in [-0.39, 0.29) is 23.2 Å². The Morgan fingerprint density at radius 1 is 1.07 bits per heavy atom. The van der Waals surface area contributed by atoms with E-state index in [0.29, 0.717) is 0 Å². The molecular weight excluding hydrogens is 381 g/mol. The van der Waals surface area contributed by atoms with Gasteiger partial charge in [0.05, 0.1) is 5.56 Å². The second-order valence-electron chi connectivity index (χ2n) is 7.66. The van der Waals surface area contributed by atoms with Crippen LogP contribution in [0.1, 0.15) is 41.6 Å². The first-order valence-corrected chi connectivity index (χ1v) is 10.2. The van der Waals surface area contributed by atoms with Crippen LogP contribution in [-0.4, -0.2) is 22.4 Å². The molecule has 0 aliphatic heterocycles. The Morgan fingerprint density at radius 2 is 1.77 bits per heavy atom. The summed E-state index contributed by atoms with van der Waals surface area (Å²) in [6.07, 6.45) is 7.57. The Hall–Kier alpha value is -3.41. The minimum absolute atomic E-state index is 0.0961. The van der Waals surface area contributed by atoms with Gasteiger partial charge in [-0.1, -0.05) is 43.2 Å². The number of hydrogen-bond acceptors (Lipinski definition) is 2. The number of aromatic nitrogens is 1. The zero-order chi connectivity index (χ0) is 21.1. The molecule has 1 heterocycles. The average molecular weight is 405 g/mol. The highest BCUT2D eigenvalue weighted by atomic mass is 19.1. The van der Waals surface area contributed by atoms with Gasteiger partial charge in [0.1, 0.15) is 11.5 Å². The van der Waals surface area contributed by atoms with Gasteiger partial charge in [-0.3, -0.25) is 9.59 Å². The summed E-state index contributed by atoms with van der Waals surface area (Å²) in [5, 5.41) is 6.60. The first-order valence-electron chi connectivity index (χ1n) is 10.2. The van der Waals surface area contributed by atoms with Gasteiger partial charge in [0.2, 0.25) is 0 Å². The Labute approximate surface area is 174 Å². The minimum atomic E-state index is -0.652. The second kappa shape index (κ2) is 8.53. The molecule has 30 heavy (non-hydrogen) atoms. The molecule has 1 aliphatic rings. The summed E-state index contributed by atoms with van der Waals surface area (Å²) in [5.74, 6) is -1.64. The molecule has 0 bridgehead atoms. The summed E-state index contributed by atoms with van der Waals surface area (Å²) in [4.78, 5) is 25.7.